The molecular weight excluding hydrogens is 471 g/mol. The van der Waals surface area contributed by atoms with Crippen molar-refractivity contribution in [3.05, 3.63) is 62.5 Å². The number of hydrogen-bond acceptors (Lipinski definition) is 6. The number of rotatable bonds is 6. The number of halogens is 1. The Morgan fingerprint density at radius 3 is 2.54 bits per heavy atom. The molecule has 3 N–H and O–H groups in total. The molecule has 0 bridgehead atoms. The van der Waals surface area contributed by atoms with Crippen molar-refractivity contribution in [3.8, 4) is 21.9 Å². The van der Waals surface area contributed by atoms with E-state index in [9.17, 15) is 14.7 Å². The van der Waals surface area contributed by atoms with Crippen LogP contribution in [0.15, 0.2) is 29.5 Å². The van der Waals surface area contributed by atoms with Crippen LogP contribution in [-0.4, -0.2) is 32.1 Å². The summed E-state index contributed by atoms with van der Waals surface area (Å²) < 4.78 is 23.3. The van der Waals surface area contributed by atoms with E-state index in [-0.39, 0.29) is 33.3 Å². The fourth-order valence-electron chi connectivity index (χ4n) is 3.90. The molecule has 4 rings (SSSR count). The molecule has 0 saturated carbocycles. The third kappa shape index (κ3) is 4.35. The van der Waals surface area contributed by atoms with Crippen molar-refractivity contribution in [2.24, 2.45) is 7.05 Å². The lowest BCUT2D eigenvalue weighted by atomic mass is 10.1. The fourth-order valence-corrected chi connectivity index (χ4v) is 5.04. The predicted molar refractivity (Wildman–Crippen MR) is 134 cm³/mol. The number of fused-ring (bicyclic) bond motifs is 1. The summed E-state index contributed by atoms with van der Waals surface area (Å²) >= 11 is 1.04. The number of aliphatic hydroxyl groups is 1. The Hall–Kier alpha value is -3.50. The first-order valence-corrected chi connectivity index (χ1v) is 11.9. The van der Waals surface area contributed by atoms with Crippen molar-refractivity contribution in [1.29, 1.82) is 0 Å². The Bertz CT molecular complexity index is 1490. The number of thiophene rings is 1. The first kappa shape index (κ1) is 24.6. The second-order valence-electron chi connectivity index (χ2n) is 8.96. The lowest BCUT2D eigenvalue weighted by Gasteiger charge is -2.15. The summed E-state index contributed by atoms with van der Waals surface area (Å²) in [5.74, 6) is -0.649. The summed E-state index contributed by atoms with van der Waals surface area (Å²) in [5.41, 5.74) is 0.558. The number of H-pyrrole nitrogens is 1. The van der Waals surface area contributed by atoms with Gasteiger partial charge in [-0.25, -0.2) is 4.39 Å². The van der Waals surface area contributed by atoms with Crippen LogP contribution in [0, 0.1) is 19.7 Å². The van der Waals surface area contributed by atoms with Gasteiger partial charge in [0.2, 0.25) is 0 Å². The van der Waals surface area contributed by atoms with Crippen molar-refractivity contribution < 1.29 is 19.0 Å². The van der Waals surface area contributed by atoms with E-state index in [1.54, 1.807) is 38.6 Å². The third-order valence-electron chi connectivity index (χ3n) is 5.61. The van der Waals surface area contributed by atoms with Crippen molar-refractivity contribution in [3.63, 3.8) is 0 Å². The standard InChI is InChI=1S/C25H27FN4O4S/c1-7-28-23(31)16-8-14-15(11-30(6)24(32)18(14)29-16)21-20(17(26)22(35-21)25(4,5)33)34-19-12(2)9-27-10-13(19)3/h8-11,29,33H,7H2,1-6H3,(H,28,31). The Labute approximate surface area is 205 Å². The van der Waals surface area contributed by atoms with Gasteiger partial charge in [0.05, 0.1) is 15.4 Å². The van der Waals surface area contributed by atoms with Crippen LogP contribution in [0.5, 0.6) is 11.5 Å². The van der Waals surface area contributed by atoms with Gasteiger partial charge in [-0.3, -0.25) is 14.6 Å². The van der Waals surface area contributed by atoms with E-state index in [4.69, 9.17) is 4.74 Å². The van der Waals surface area contributed by atoms with Gasteiger partial charge in [-0.15, -0.1) is 11.3 Å². The molecule has 0 saturated heterocycles. The molecule has 8 nitrogen and oxygen atoms in total. The highest BCUT2D eigenvalue weighted by atomic mass is 32.1. The quantitative estimate of drug-likeness (QED) is 0.362. The summed E-state index contributed by atoms with van der Waals surface area (Å²) in [4.78, 5) is 32.8. The van der Waals surface area contributed by atoms with Crippen LogP contribution in [-0.2, 0) is 12.6 Å². The van der Waals surface area contributed by atoms with E-state index in [0.29, 0.717) is 28.1 Å². The minimum absolute atomic E-state index is 0.0646. The summed E-state index contributed by atoms with van der Waals surface area (Å²) in [6.07, 6.45) is 4.83. The molecule has 0 aliphatic heterocycles. The SMILES string of the molecule is CCNC(=O)c1cc2c(-c3sc(C(C)(C)O)c(F)c3Oc3c(C)cncc3C)cn(C)c(=O)c2[nH]1. The zero-order valence-corrected chi connectivity index (χ0v) is 21.2. The van der Waals surface area contributed by atoms with E-state index < -0.39 is 11.4 Å². The maximum absolute atomic E-state index is 15.8. The van der Waals surface area contributed by atoms with Gasteiger partial charge >= 0.3 is 0 Å². The van der Waals surface area contributed by atoms with E-state index in [0.717, 1.165) is 22.5 Å². The molecule has 4 heterocycles. The van der Waals surface area contributed by atoms with E-state index in [1.807, 2.05) is 13.8 Å². The van der Waals surface area contributed by atoms with Gasteiger partial charge in [0.15, 0.2) is 11.6 Å². The Balaban J connectivity index is 2.02. The largest absolute Gasteiger partial charge is 0.452 e. The number of nitrogens with zero attached hydrogens (tertiary/aromatic N) is 2. The van der Waals surface area contributed by atoms with Crippen LogP contribution in [0.2, 0.25) is 0 Å². The molecule has 35 heavy (non-hydrogen) atoms. The molecule has 184 valence electrons. The lowest BCUT2D eigenvalue weighted by Crippen LogP contribution is -2.23. The van der Waals surface area contributed by atoms with Gasteiger partial charge in [0.25, 0.3) is 11.5 Å². The molecule has 4 aromatic heterocycles. The number of pyridine rings is 2. The van der Waals surface area contributed by atoms with E-state index >= 15 is 4.39 Å². The molecular formula is C25H27FN4O4S. The predicted octanol–water partition coefficient (Wildman–Crippen LogP) is 4.52. The number of hydrogen-bond donors (Lipinski definition) is 3. The Kier molecular flexibility index (Phi) is 6.29. The molecule has 0 unspecified atom stereocenters. The van der Waals surface area contributed by atoms with Crippen LogP contribution in [0.3, 0.4) is 0 Å². The van der Waals surface area contributed by atoms with E-state index in [2.05, 4.69) is 15.3 Å². The van der Waals surface area contributed by atoms with Crippen molar-refractivity contribution in [2.75, 3.05) is 6.54 Å². The number of aryl methyl sites for hydroxylation is 3. The number of aromatic amines is 1. The third-order valence-corrected chi connectivity index (χ3v) is 7.11. The van der Waals surface area contributed by atoms with Crippen LogP contribution in [0.4, 0.5) is 4.39 Å². The maximum atomic E-state index is 15.8. The summed E-state index contributed by atoms with van der Waals surface area (Å²) in [7, 11) is 1.58. The Morgan fingerprint density at radius 1 is 1.29 bits per heavy atom. The first-order valence-electron chi connectivity index (χ1n) is 11.1. The van der Waals surface area contributed by atoms with Gasteiger partial charge in [-0.05, 0) is 40.7 Å². The second-order valence-corrected chi connectivity index (χ2v) is 9.98. The summed E-state index contributed by atoms with van der Waals surface area (Å²) in [6, 6.07) is 1.57. The number of aromatic nitrogens is 3. The average Bonchev–Trinajstić information content (AvgIpc) is 3.36. The highest BCUT2D eigenvalue weighted by Crippen LogP contribution is 2.49. The normalized spacial score (nSPS) is 11.8. The molecule has 0 aliphatic carbocycles. The molecule has 0 aromatic carbocycles. The monoisotopic (exact) mass is 498 g/mol. The molecule has 0 aliphatic rings. The average molecular weight is 499 g/mol. The van der Waals surface area contributed by atoms with Crippen LogP contribution in [0.25, 0.3) is 21.3 Å². The van der Waals surface area contributed by atoms with Crippen LogP contribution < -0.4 is 15.6 Å². The smallest absolute Gasteiger partial charge is 0.274 e. The van der Waals surface area contributed by atoms with Gasteiger partial charge in [0, 0.05) is 54.3 Å². The highest BCUT2D eigenvalue weighted by molar-refractivity contribution is 7.16. The minimum atomic E-state index is -1.47. The van der Waals surface area contributed by atoms with Gasteiger partial charge < -0.3 is 24.7 Å². The molecule has 10 heteroatoms. The van der Waals surface area contributed by atoms with Crippen LogP contribution in [0.1, 0.15) is 47.3 Å². The zero-order valence-electron chi connectivity index (χ0n) is 20.4. The highest BCUT2D eigenvalue weighted by Gasteiger charge is 2.32. The number of carbonyl (C=O) groups excluding carboxylic acids is 1. The summed E-state index contributed by atoms with van der Waals surface area (Å²) in [6.45, 7) is 8.84. The molecule has 0 atom stereocenters. The summed E-state index contributed by atoms with van der Waals surface area (Å²) in [5, 5.41) is 13.8. The number of nitrogens with one attached hydrogen (secondary N) is 2. The number of amides is 1. The molecule has 0 spiro atoms. The topological polar surface area (TPSA) is 109 Å². The molecule has 4 aromatic rings. The van der Waals surface area contributed by atoms with E-state index in [1.165, 1.54) is 18.4 Å². The molecule has 1 amide bonds. The number of ether oxygens (including phenoxy) is 1. The second kappa shape index (κ2) is 8.94. The van der Waals surface area contributed by atoms with Crippen LogP contribution >= 0.6 is 11.3 Å². The fraction of sp³-hybridized carbons (Fsp3) is 0.320. The zero-order chi connectivity index (χ0) is 25.7. The molecule has 0 fully saturated rings. The first-order chi connectivity index (χ1) is 16.4. The maximum Gasteiger partial charge on any atom is 0.274 e. The van der Waals surface area contributed by atoms with Gasteiger partial charge in [-0.1, -0.05) is 0 Å². The van der Waals surface area contributed by atoms with Crippen molar-refractivity contribution in [2.45, 2.75) is 40.2 Å². The number of carbonyl (C=O) groups is 1. The van der Waals surface area contributed by atoms with Crippen molar-refractivity contribution in [1.82, 2.24) is 19.9 Å². The van der Waals surface area contributed by atoms with Gasteiger partial charge in [0.1, 0.15) is 17.0 Å². The van der Waals surface area contributed by atoms with Gasteiger partial charge in [-0.2, -0.15) is 0 Å². The van der Waals surface area contributed by atoms with Crippen molar-refractivity contribution >= 4 is 28.1 Å². The Morgan fingerprint density at radius 2 is 1.94 bits per heavy atom. The lowest BCUT2D eigenvalue weighted by molar-refractivity contribution is 0.0785. The molecule has 0 radical (unpaired) electrons. The minimum Gasteiger partial charge on any atom is -0.452 e.